The summed E-state index contributed by atoms with van der Waals surface area (Å²) in [7, 11) is -0.206. The maximum Gasteiger partial charge on any atom is 0.351 e. The molecule has 1 amide bonds. The number of anilines is 1. The second kappa shape index (κ2) is 15.2. The minimum atomic E-state index is -1.50. The first-order valence-corrected chi connectivity index (χ1v) is 12.7. The van der Waals surface area contributed by atoms with Gasteiger partial charge >= 0.3 is 5.69 Å². The fourth-order valence-corrected chi connectivity index (χ4v) is 5.46. The van der Waals surface area contributed by atoms with Crippen molar-refractivity contribution in [2.45, 2.75) is 85.4 Å². The molecule has 0 saturated carbocycles. The minimum absolute atomic E-state index is 0.0377. The number of aromatic nitrogens is 2. The van der Waals surface area contributed by atoms with Crippen molar-refractivity contribution in [3.8, 4) is 0 Å². The Kier molecular flexibility index (Phi) is 12.0. The van der Waals surface area contributed by atoms with Gasteiger partial charge in [0.2, 0.25) is 13.9 Å². The maximum atomic E-state index is 12.7. The van der Waals surface area contributed by atoms with Gasteiger partial charge in [0, 0.05) is 46.7 Å². The van der Waals surface area contributed by atoms with Crippen molar-refractivity contribution >= 4 is 20.3 Å². The number of aliphatic hydroxyl groups excluding tert-OH is 1. The Balaban J connectivity index is 0.00000217. The van der Waals surface area contributed by atoms with Gasteiger partial charge in [0.1, 0.15) is 18.7 Å². The van der Waals surface area contributed by atoms with E-state index in [0.29, 0.717) is 18.8 Å². The molecule has 0 bridgehead atoms. The number of hydrogen-bond acceptors (Lipinski definition) is 8. The van der Waals surface area contributed by atoms with Crippen LogP contribution in [-0.4, -0.2) is 77.8 Å². The summed E-state index contributed by atoms with van der Waals surface area (Å²) in [6, 6.07) is 1.90. The van der Waals surface area contributed by atoms with Crippen LogP contribution in [0.15, 0.2) is 17.1 Å². The van der Waals surface area contributed by atoms with Crippen LogP contribution >= 0.6 is 8.53 Å². The molecule has 2 heterocycles. The average Bonchev–Trinajstić information content (AvgIpc) is 3.22. The summed E-state index contributed by atoms with van der Waals surface area (Å²) < 4.78 is 35.5. The van der Waals surface area contributed by atoms with Crippen molar-refractivity contribution in [2.24, 2.45) is 0 Å². The van der Waals surface area contributed by atoms with Gasteiger partial charge in [0.15, 0.2) is 0 Å². The zero-order valence-electron chi connectivity index (χ0n) is 23.7. The Hall–Kier alpha value is -1.93. The molecule has 1 fully saturated rings. The van der Waals surface area contributed by atoms with Crippen molar-refractivity contribution in [2.75, 3.05) is 31.7 Å². The smallest absolute Gasteiger partial charge is 0.351 e. The normalized spacial score (nSPS) is 21.2. The molecule has 1 aliphatic rings. The molecule has 0 aromatic carbocycles. The lowest BCUT2D eigenvalue weighted by Crippen LogP contribution is -2.35. The largest absolute Gasteiger partial charge is 0.400 e. The first-order valence-electron chi connectivity index (χ1n) is 12.7. The van der Waals surface area contributed by atoms with Gasteiger partial charge in [-0.05, 0) is 47.6 Å². The predicted molar refractivity (Wildman–Crippen MR) is 136 cm³/mol. The summed E-state index contributed by atoms with van der Waals surface area (Å²) in [5.41, 5.74) is -0.534. The first kappa shape index (κ1) is 27.7. The van der Waals surface area contributed by atoms with Gasteiger partial charge in [-0.2, -0.15) is 4.98 Å². The summed E-state index contributed by atoms with van der Waals surface area (Å²) in [5, 5.41) is 3.50. The van der Waals surface area contributed by atoms with Crippen LogP contribution in [0.25, 0.3) is 4.85 Å². The molecule has 198 valence electrons. The summed E-state index contributed by atoms with van der Waals surface area (Å²) in [6.07, 6.45) is 0.264. The third kappa shape index (κ3) is 8.60. The molecular formula is C23H40N5O6P. The van der Waals surface area contributed by atoms with Crippen molar-refractivity contribution in [1.29, 1.82) is 1.43 Å². The van der Waals surface area contributed by atoms with Crippen LogP contribution in [0.5, 0.6) is 0 Å². The highest BCUT2D eigenvalue weighted by Gasteiger charge is 2.39. The summed E-state index contributed by atoms with van der Waals surface area (Å²) in [4.78, 5) is 33.4. The second-order valence-electron chi connectivity index (χ2n) is 8.27. The van der Waals surface area contributed by atoms with E-state index in [0.717, 1.165) is 0 Å². The van der Waals surface area contributed by atoms with Crippen molar-refractivity contribution < 1.29 is 25.1 Å². The van der Waals surface area contributed by atoms with Crippen LogP contribution in [0.3, 0.4) is 0 Å². The highest BCUT2D eigenvalue weighted by Crippen LogP contribution is 2.49. The molecule has 1 aromatic rings. The van der Waals surface area contributed by atoms with E-state index in [9.17, 15) is 9.59 Å². The summed E-state index contributed by atoms with van der Waals surface area (Å²) in [5.74, 6) is 0.0961. The molecule has 12 heteroatoms. The molecule has 11 nitrogen and oxygen atoms in total. The Bertz CT molecular complexity index is 924. The van der Waals surface area contributed by atoms with Crippen LogP contribution in [-0.2, 0) is 18.6 Å². The van der Waals surface area contributed by atoms with Crippen LogP contribution in [0.2, 0.25) is 0 Å². The van der Waals surface area contributed by atoms with E-state index in [-0.39, 0.29) is 38.0 Å². The van der Waals surface area contributed by atoms with Gasteiger partial charge in [-0.15, -0.1) is 0 Å². The lowest BCUT2D eigenvalue weighted by molar-refractivity contribution is -0.116. The van der Waals surface area contributed by atoms with Gasteiger partial charge < -0.3 is 23.7 Å². The third-order valence-electron chi connectivity index (χ3n) is 5.16. The zero-order chi connectivity index (χ0) is 28.1. The second-order valence-corrected chi connectivity index (χ2v) is 9.67. The summed E-state index contributed by atoms with van der Waals surface area (Å²) >= 11 is 0. The minimum Gasteiger partial charge on any atom is -0.400 e. The fourth-order valence-electron chi connectivity index (χ4n) is 3.71. The average molecular weight is 517 g/mol. The highest BCUT2D eigenvalue weighted by atomic mass is 31.2. The fraction of sp³-hybridized carbons (Fsp3) is 0.739. The SMILES string of the molecule is [2H]C[C@H]1O[C@@H](n2ccc(N(CC)C(C)=O)nc2=O)CC1OP(OCC[N+]#[C-])N(C(C)C)C(C)C.[3H]OC. The van der Waals surface area contributed by atoms with Gasteiger partial charge in [-0.25, -0.2) is 16.0 Å². The number of amides is 1. The number of ether oxygens (including phenoxy) is 1. The topological polar surface area (TPSA) is 111 Å². The molecule has 1 N–H and O–H groups in total. The molecule has 0 aliphatic carbocycles. The molecule has 4 atom stereocenters. The van der Waals surface area contributed by atoms with Crippen LogP contribution in [0, 0.1) is 6.57 Å². The Morgan fingerprint density at radius 2 is 2.17 bits per heavy atom. The molecule has 1 aromatic heterocycles. The van der Waals surface area contributed by atoms with Crippen LogP contribution in [0.4, 0.5) is 5.82 Å². The number of carbonyl (C=O) groups excluding carboxylic acids is 1. The molecule has 1 saturated heterocycles. The molecule has 2 unspecified atom stereocenters. The highest BCUT2D eigenvalue weighted by molar-refractivity contribution is 7.44. The van der Waals surface area contributed by atoms with Crippen LogP contribution < -0.4 is 10.6 Å². The molecule has 0 radical (unpaired) electrons. The quantitative estimate of drug-likeness (QED) is 0.271. The molecular weight excluding hydrogens is 473 g/mol. The number of aliphatic hydroxyl groups is 1. The molecule has 2 rings (SSSR count). The first-order chi connectivity index (χ1) is 17.6. The van der Waals surface area contributed by atoms with Crippen molar-refractivity contribution in [3.05, 3.63) is 34.2 Å². The van der Waals surface area contributed by atoms with E-state index < -0.39 is 32.7 Å². The van der Waals surface area contributed by atoms with Gasteiger partial charge in [-0.1, -0.05) is 0 Å². The predicted octanol–water partition coefficient (Wildman–Crippen LogP) is 3.20. The molecule has 35 heavy (non-hydrogen) atoms. The van der Waals surface area contributed by atoms with Gasteiger partial charge in [0.05, 0.1) is 12.2 Å². The van der Waals surface area contributed by atoms with Crippen LogP contribution in [0.1, 0.15) is 62.5 Å². The number of hydrogen-bond donors (Lipinski definition) is 1. The van der Waals surface area contributed by atoms with Crippen molar-refractivity contribution in [1.82, 2.24) is 14.2 Å². The molecule has 0 spiro atoms. The van der Waals surface area contributed by atoms with E-state index in [1.807, 2.05) is 6.92 Å². The van der Waals surface area contributed by atoms with E-state index in [1.54, 1.807) is 12.3 Å². The maximum absolute atomic E-state index is 12.7. The van der Waals surface area contributed by atoms with E-state index >= 15 is 0 Å². The third-order valence-corrected chi connectivity index (χ3v) is 7.31. The van der Waals surface area contributed by atoms with E-state index in [1.165, 1.54) is 23.5 Å². The Morgan fingerprint density at radius 3 is 2.66 bits per heavy atom. The lowest BCUT2D eigenvalue weighted by Gasteiger charge is -2.36. The zero-order valence-corrected chi connectivity index (χ0v) is 22.6. The van der Waals surface area contributed by atoms with Gasteiger partial charge in [-0.3, -0.25) is 14.3 Å². The number of rotatable bonds is 11. The monoisotopic (exact) mass is 516 g/mol. The summed E-state index contributed by atoms with van der Waals surface area (Å²) in [6.45, 7) is 19.3. The lowest BCUT2D eigenvalue weighted by atomic mass is 10.2. The van der Waals surface area contributed by atoms with Gasteiger partial charge in [0.25, 0.3) is 8.53 Å². The van der Waals surface area contributed by atoms with E-state index in [2.05, 4.69) is 47.3 Å². The Morgan fingerprint density at radius 1 is 1.51 bits per heavy atom. The molecule has 1 aliphatic heterocycles. The standard InChI is InChI=1S/C22H36N5O5P.CH4O/c1-9-25(18(7)28)20-10-12-26(22(29)24-20)21-14-19(17(6)31-21)32-33(30-13-11-23-8)27(15(2)3)16(4)5;1-2/h10,12,15-17,19,21H,9,11,13-14H2,1-7H3;2H,1H3/t17-,19?,21-,33?;/m1./s1/i6D;2T. The van der Waals surface area contributed by atoms with Crippen molar-refractivity contribution in [3.63, 3.8) is 0 Å². The number of nitrogens with zero attached hydrogens (tertiary/aromatic N) is 5. The van der Waals surface area contributed by atoms with E-state index in [4.69, 9.17) is 23.2 Å². The number of carbonyl (C=O) groups is 1. The Labute approximate surface area is 212 Å².